The number of aromatic nitrogens is 3. The van der Waals surface area contributed by atoms with Gasteiger partial charge in [-0.25, -0.2) is 9.97 Å². The molecule has 0 aliphatic carbocycles. The first-order valence-corrected chi connectivity index (χ1v) is 11.2. The molecule has 0 amide bonds. The molecule has 0 aromatic carbocycles. The number of pyridine rings is 1. The van der Waals surface area contributed by atoms with Gasteiger partial charge in [-0.3, -0.25) is 4.98 Å². The lowest BCUT2D eigenvalue weighted by atomic mass is 10.1. The molecule has 0 atom stereocenters. The summed E-state index contributed by atoms with van der Waals surface area (Å²) in [6.07, 6.45) is 20.5. The Morgan fingerprint density at radius 1 is 0.679 bits per heavy atom. The number of hydrogen-bond donors (Lipinski definition) is 0. The standard InChI is InChI=1S/C24H37N3O/c1-3-5-7-9-11-13-17-28-23-19-26-24(27-20-23)21-15-16-22(25-18-21)14-12-10-8-6-4-2/h15-16,18-20H,3-14,17H2,1-2H3. The van der Waals surface area contributed by atoms with Crippen molar-refractivity contribution < 1.29 is 4.74 Å². The average molecular weight is 384 g/mol. The van der Waals surface area contributed by atoms with E-state index in [0.717, 1.165) is 36.5 Å². The molecular formula is C24H37N3O. The zero-order valence-corrected chi connectivity index (χ0v) is 17.8. The van der Waals surface area contributed by atoms with E-state index in [1.807, 2.05) is 6.20 Å². The van der Waals surface area contributed by atoms with Crippen LogP contribution in [0.5, 0.6) is 5.75 Å². The minimum Gasteiger partial charge on any atom is -0.490 e. The highest BCUT2D eigenvalue weighted by Crippen LogP contribution is 2.17. The molecule has 2 rings (SSSR count). The van der Waals surface area contributed by atoms with Gasteiger partial charge in [0, 0.05) is 17.5 Å². The molecule has 0 spiro atoms. The number of unbranched alkanes of at least 4 members (excludes halogenated alkanes) is 9. The van der Waals surface area contributed by atoms with Crippen molar-refractivity contribution in [3.63, 3.8) is 0 Å². The highest BCUT2D eigenvalue weighted by Gasteiger charge is 2.04. The molecule has 0 aliphatic rings. The summed E-state index contributed by atoms with van der Waals surface area (Å²) in [7, 11) is 0. The van der Waals surface area contributed by atoms with Crippen LogP contribution in [-0.2, 0) is 6.42 Å². The lowest BCUT2D eigenvalue weighted by molar-refractivity contribution is 0.302. The number of nitrogens with zero attached hydrogens (tertiary/aromatic N) is 3. The van der Waals surface area contributed by atoms with Gasteiger partial charge in [-0.1, -0.05) is 71.6 Å². The van der Waals surface area contributed by atoms with Gasteiger partial charge in [0.1, 0.15) is 0 Å². The molecule has 2 aromatic rings. The zero-order valence-electron chi connectivity index (χ0n) is 17.8. The van der Waals surface area contributed by atoms with Crippen LogP contribution in [0.4, 0.5) is 0 Å². The van der Waals surface area contributed by atoms with Crippen molar-refractivity contribution in [2.45, 2.75) is 90.9 Å². The fourth-order valence-corrected chi connectivity index (χ4v) is 3.23. The molecule has 0 bridgehead atoms. The largest absolute Gasteiger partial charge is 0.490 e. The molecule has 2 heterocycles. The predicted molar refractivity (Wildman–Crippen MR) is 117 cm³/mol. The first-order chi connectivity index (χ1) is 13.8. The van der Waals surface area contributed by atoms with Crippen LogP contribution < -0.4 is 4.74 Å². The van der Waals surface area contributed by atoms with Gasteiger partial charge in [0.15, 0.2) is 11.6 Å². The van der Waals surface area contributed by atoms with Crippen molar-refractivity contribution in [3.05, 3.63) is 36.4 Å². The fourth-order valence-electron chi connectivity index (χ4n) is 3.23. The predicted octanol–water partition coefficient (Wildman–Crippen LogP) is 6.79. The van der Waals surface area contributed by atoms with E-state index in [1.54, 1.807) is 12.4 Å². The first kappa shape index (κ1) is 22.3. The van der Waals surface area contributed by atoms with E-state index in [2.05, 4.69) is 40.9 Å². The van der Waals surface area contributed by atoms with Gasteiger partial charge in [0.05, 0.1) is 19.0 Å². The third-order valence-corrected chi connectivity index (χ3v) is 5.01. The lowest BCUT2D eigenvalue weighted by Crippen LogP contribution is -1.99. The maximum absolute atomic E-state index is 5.75. The number of hydrogen-bond acceptors (Lipinski definition) is 4. The Bertz CT molecular complexity index is 625. The van der Waals surface area contributed by atoms with Crippen LogP contribution in [0.25, 0.3) is 11.4 Å². The van der Waals surface area contributed by atoms with Crippen molar-refractivity contribution >= 4 is 0 Å². The Morgan fingerprint density at radius 2 is 1.32 bits per heavy atom. The van der Waals surface area contributed by atoms with Crippen LogP contribution in [0.3, 0.4) is 0 Å². The SMILES string of the molecule is CCCCCCCCOc1cnc(-c2ccc(CCCCCCC)nc2)nc1. The summed E-state index contributed by atoms with van der Waals surface area (Å²) in [4.78, 5) is 13.5. The summed E-state index contributed by atoms with van der Waals surface area (Å²) in [6, 6.07) is 4.17. The number of rotatable bonds is 15. The number of aryl methyl sites for hydroxylation is 1. The van der Waals surface area contributed by atoms with Crippen LogP contribution >= 0.6 is 0 Å². The number of ether oxygens (including phenoxy) is 1. The lowest BCUT2D eigenvalue weighted by Gasteiger charge is -2.07. The maximum Gasteiger partial charge on any atom is 0.160 e. The van der Waals surface area contributed by atoms with Crippen molar-refractivity contribution in [2.24, 2.45) is 0 Å². The van der Waals surface area contributed by atoms with Gasteiger partial charge in [0.2, 0.25) is 0 Å². The maximum atomic E-state index is 5.75. The molecule has 2 aromatic heterocycles. The Hall–Kier alpha value is -1.97. The van der Waals surface area contributed by atoms with Crippen molar-refractivity contribution in [2.75, 3.05) is 6.61 Å². The Morgan fingerprint density at radius 3 is 1.96 bits per heavy atom. The molecule has 4 heteroatoms. The minimum atomic E-state index is 0.703. The van der Waals surface area contributed by atoms with E-state index < -0.39 is 0 Å². The molecule has 0 N–H and O–H groups in total. The van der Waals surface area contributed by atoms with Gasteiger partial charge in [-0.15, -0.1) is 0 Å². The summed E-state index contributed by atoms with van der Waals surface area (Å²) in [5, 5.41) is 0. The minimum absolute atomic E-state index is 0.703. The highest BCUT2D eigenvalue weighted by atomic mass is 16.5. The molecule has 0 saturated heterocycles. The van der Waals surface area contributed by atoms with Gasteiger partial charge in [-0.05, 0) is 31.4 Å². The molecule has 0 fully saturated rings. The second-order valence-corrected chi connectivity index (χ2v) is 7.56. The molecule has 4 nitrogen and oxygen atoms in total. The smallest absolute Gasteiger partial charge is 0.160 e. The van der Waals surface area contributed by atoms with E-state index >= 15 is 0 Å². The molecular weight excluding hydrogens is 346 g/mol. The summed E-state index contributed by atoms with van der Waals surface area (Å²) < 4.78 is 5.75. The van der Waals surface area contributed by atoms with Crippen molar-refractivity contribution in [3.8, 4) is 17.1 Å². The second kappa shape index (κ2) is 14.1. The molecule has 154 valence electrons. The molecule has 0 saturated carbocycles. The Labute approximate surface area is 171 Å². The van der Waals surface area contributed by atoms with Crippen LogP contribution in [-0.4, -0.2) is 21.6 Å². The van der Waals surface area contributed by atoms with E-state index in [-0.39, 0.29) is 0 Å². The summed E-state index contributed by atoms with van der Waals surface area (Å²) >= 11 is 0. The van der Waals surface area contributed by atoms with Crippen LogP contribution in [0.2, 0.25) is 0 Å². The van der Waals surface area contributed by atoms with E-state index in [1.165, 1.54) is 64.2 Å². The van der Waals surface area contributed by atoms with Crippen LogP contribution in [0.1, 0.15) is 90.2 Å². The van der Waals surface area contributed by atoms with E-state index in [4.69, 9.17) is 4.74 Å². The monoisotopic (exact) mass is 383 g/mol. The highest BCUT2D eigenvalue weighted by molar-refractivity contribution is 5.53. The normalized spacial score (nSPS) is 10.9. The van der Waals surface area contributed by atoms with Gasteiger partial charge in [0.25, 0.3) is 0 Å². The van der Waals surface area contributed by atoms with Crippen LogP contribution in [0.15, 0.2) is 30.7 Å². The summed E-state index contributed by atoms with van der Waals surface area (Å²) in [5.74, 6) is 1.45. The Kier molecular flexibility index (Phi) is 11.2. The summed E-state index contributed by atoms with van der Waals surface area (Å²) in [5.41, 5.74) is 2.11. The van der Waals surface area contributed by atoms with Gasteiger partial charge >= 0.3 is 0 Å². The van der Waals surface area contributed by atoms with Gasteiger partial charge in [-0.2, -0.15) is 0 Å². The van der Waals surface area contributed by atoms with Crippen molar-refractivity contribution in [1.29, 1.82) is 0 Å². The van der Waals surface area contributed by atoms with Crippen molar-refractivity contribution in [1.82, 2.24) is 15.0 Å². The summed E-state index contributed by atoms with van der Waals surface area (Å²) in [6.45, 7) is 5.23. The fraction of sp³-hybridized carbons (Fsp3) is 0.625. The topological polar surface area (TPSA) is 47.9 Å². The quantitative estimate of drug-likeness (QED) is 0.318. The Balaban J connectivity index is 1.70. The molecule has 0 aliphatic heterocycles. The first-order valence-electron chi connectivity index (χ1n) is 11.2. The molecule has 0 unspecified atom stereocenters. The third kappa shape index (κ3) is 8.81. The van der Waals surface area contributed by atoms with E-state index in [9.17, 15) is 0 Å². The van der Waals surface area contributed by atoms with Gasteiger partial charge < -0.3 is 4.74 Å². The molecule has 28 heavy (non-hydrogen) atoms. The second-order valence-electron chi connectivity index (χ2n) is 7.56. The molecule has 0 radical (unpaired) electrons. The average Bonchev–Trinajstić information content (AvgIpc) is 2.74. The van der Waals surface area contributed by atoms with Crippen LogP contribution in [0, 0.1) is 0 Å². The zero-order chi connectivity index (χ0) is 19.9. The third-order valence-electron chi connectivity index (χ3n) is 5.01. The van der Waals surface area contributed by atoms with E-state index in [0.29, 0.717) is 5.82 Å².